The average Bonchev–Trinajstić information content (AvgIpc) is 2.66. The van der Waals surface area contributed by atoms with Crippen molar-refractivity contribution in [2.75, 3.05) is 12.4 Å². The van der Waals surface area contributed by atoms with Crippen LogP contribution in [0.25, 0.3) is 10.1 Å². The Labute approximate surface area is 85.3 Å². The third-order valence-corrected chi connectivity index (χ3v) is 2.86. The molecule has 72 valence electrons. The average molecular weight is 207 g/mol. The highest BCUT2D eigenvalue weighted by molar-refractivity contribution is 7.17. The van der Waals surface area contributed by atoms with Crippen LogP contribution in [0, 0.1) is 0 Å². The third-order valence-electron chi connectivity index (χ3n) is 1.90. The Bertz CT molecular complexity index is 464. The zero-order valence-electron chi connectivity index (χ0n) is 7.61. The van der Waals surface area contributed by atoms with Crippen molar-refractivity contribution in [3.8, 4) is 0 Å². The number of benzene rings is 1. The lowest BCUT2D eigenvalue weighted by Crippen LogP contribution is -2.10. The number of rotatable bonds is 1. The van der Waals surface area contributed by atoms with Crippen LogP contribution in [-0.4, -0.2) is 13.2 Å². The van der Waals surface area contributed by atoms with Crippen molar-refractivity contribution in [1.82, 2.24) is 0 Å². The Morgan fingerprint density at radius 2 is 2.29 bits per heavy atom. The maximum Gasteiger partial charge on any atom is 0.411 e. The second-order valence-electron chi connectivity index (χ2n) is 2.76. The predicted molar refractivity (Wildman–Crippen MR) is 57.9 cm³/mol. The van der Waals surface area contributed by atoms with Crippen LogP contribution in [0.2, 0.25) is 0 Å². The summed E-state index contributed by atoms with van der Waals surface area (Å²) in [5.41, 5.74) is 0.796. The number of ether oxygens (including phenoxy) is 1. The molecule has 14 heavy (non-hydrogen) atoms. The molecule has 0 atom stereocenters. The molecule has 0 bridgehead atoms. The molecule has 2 aromatic rings. The fourth-order valence-corrected chi connectivity index (χ4v) is 2.12. The molecule has 0 aliphatic carbocycles. The fourth-order valence-electron chi connectivity index (χ4n) is 1.25. The first kappa shape index (κ1) is 9.02. The molecule has 0 spiro atoms. The summed E-state index contributed by atoms with van der Waals surface area (Å²) < 4.78 is 5.60. The molecule has 0 unspecified atom stereocenters. The van der Waals surface area contributed by atoms with Crippen molar-refractivity contribution in [2.45, 2.75) is 0 Å². The molecule has 1 N–H and O–H groups in total. The number of thiophene rings is 1. The van der Waals surface area contributed by atoms with Crippen LogP contribution in [-0.2, 0) is 4.74 Å². The first-order valence-corrected chi connectivity index (χ1v) is 5.00. The minimum absolute atomic E-state index is 0.439. The smallest absolute Gasteiger partial charge is 0.411 e. The SMILES string of the molecule is COC(=O)Nc1cccc2ccsc12. The Morgan fingerprint density at radius 3 is 3.07 bits per heavy atom. The van der Waals surface area contributed by atoms with Crippen LogP contribution in [0.5, 0.6) is 0 Å². The number of fused-ring (bicyclic) bond motifs is 1. The molecule has 1 aromatic heterocycles. The lowest BCUT2D eigenvalue weighted by molar-refractivity contribution is 0.187. The summed E-state index contributed by atoms with van der Waals surface area (Å²) in [4.78, 5) is 11.0. The topological polar surface area (TPSA) is 38.3 Å². The normalized spacial score (nSPS) is 10.1. The first-order chi connectivity index (χ1) is 6.81. The number of anilines is 1. The van der Waals surface area contributed by atoms with Crippen molar-refractivity contribution >= 4 is 33.2 Å². The quantitative estimate of drug-likeness (QED) is 0.780. The van der Waals surface area contributed by atoms with Crippen LogP contribution < -0.4 is 5.32 Å². The van der Waals surface area contributed by atoms with Gasteiger partial charge >= 0.3 is 6.09 Å². The van der Waals surface area contributed by atoms with Crippen LogP contribution >= 0.6 is 11.3 Å². The van der Waals surface area contributed by atoms with Gasteiger partial charge in [-0.2, -0.15) is 0 Å². The van der Waals surface area contributed by atoms with Crippen molar-refractivity contribution in [3.05, 3.63) is 29.6 Å². The molecule has 0 aliphatic rings. The Kier molecular flexibility index (Phi) is 2.37. The second-order valence-corrected chi connectivity index (χ2v) is 3.68. The fraction of sp³-hybridized carbons (Fsp3) is 0.100. The molecule has 0 saturated carbocycles. The van der Waals surface area contributed by atoms with E-state index in [1.54, 1.807) is 11.3 Å². The number of carbonyl (C=O) groups is 1. The van der Waals surface area contributed by atoms with Crippen LogP contribution in [0.3, 0.4) is 0 Å². The third kappa shape index (κ3) is 1.56. The largest absolute Gasteiger partial charge is 0.453 e. The Hall–Kier alpha value is -1.55. The van der Waals surface area contributed by atoms with E-state index in [1.807, 2.05) is 29.6 Å². The molecule has 1 amide bonds. The van der Waals surface area contributed by atoms with E-state index in [2.05, 4.69) is 10.1 Å². The lowest BCUT2D eigenvalue weighted by atomic mass is 10.2. The van der Waals surface area contributed by atoms with Crippen LogP contribution in [0.1, 0.15) is 0 Å². The molecule has 0 radical (unpaired) electrons. The summed E-state index contributed by atoms with van der Waals surface area (Å²) in [5.74, 6) is 0. The summed E-state index contributed by atoms with van der Waals surface area (Å²) >= 11 is 1.60. The molecule has 0 aliphatic heterocycles. The minimum Gasteiger partial charge on any atom is -0.453 e. The summed E-state index contributed by atoms with van der Waals surface area (Å²) in [6.07, 6.45) is -0.439. The zero-order valence-corrected chi connectivity index (χ0v) is 8.43. The van der Waals surface area contributed by atoms with E-state index in [-0.39, 0.29) is 0 Å². The standard InChI is InChI=1S/C10H9NO2S/c1-13-10(12)11-8-4-2-3-7-5-6-14-9(7)8/h2-6H,1H3,(H,11,12). The number of methoxy groups -OCH3 is 1. The van der Waals surface area contributed by atoms with Gasteiger partial charge in [-0.05, 0) is 22.9 Å². The van der Waals surface area contributed by atoms with Gasteiger partial charge in [-0.3, -0.25) is 5.32 Å². The van der Waals surface area contributed by atoms with Gasteiger partial charge in [0.15, 0.2) is 0 Å². The first-order valence-electron chi connectivity index (χ1n) is 4.12. The maximum absolute atomic E-state index is 11.0. The number of amides is 1. The molecule has 1 heterocycles. The molecule has 3 nitrogen and oxygen atoms in total. The van der Waals surface area contributed by atoms with Gasteiger partial charge in [0.05, 0.1) is 17.5 Å². The van der Waals surface area contributed by atoms with E-state index in [0.29, 0.717) is 0 Å². The number of hydrogen-bond donors (Lipinski definition) is 1. The Balaban J connectivity index is 2.41. The number of hydrogen-bond acceptors (Lipinski definition) is 3. The lowest BCUT2D eigenvalue weighted by Gasteiger charge is -2.03. The van der Waals surface area contributed by atoms with E-state index in [9.17, 15) is 4.79 Å². The highest BCUT2D eigenvalue weighted by atomic mass is 32.1. The van der Waals surface area contributed by atoms with E-state index in [1.165, 1.54) is 7.11 Å². The molecular weight excluding hydrogens is 198 g/mol. The molecule has 0 fully saturated rings. The Morgan fingerprint density at radius 1 is 1.43 bits per heavy atom. The summed E-state index contributed by atoms with van der Waals surface area (Å²) in [6, 6.07) is 7.78. The highest BCUT2D eigenvalue weighted by Crippen LogP contribution is 2.28. The predicted octanol–water partition coefficient (Wildman–Crippen LogP) is 3.08. The van der Waals surface area contributed by atoms with Crippen molar-refractivity contribution in [1.29, 1.82) is 0 Å². The van der Waals surface area contributed by atoms with Gasteiger partial charge in [-0.25, -0.2) is 4.79 Å². The van der Waals surface area contributed by atoms with Gasteiger partial charge in [-0.15, -0.1) is 11.3 Å². The maximum atomic E-state index is 11.0. The second kappa shape index (κ2) is 3.67. The van der Waals surface area contributed by atoms with Crippen LogP contribution in [0.15, 0.2) is 29.6 Å². The number of nitrogens with one attached hydrogen (secondary N) is 1. The minimum atomic E-state index is -0.439. The van der Waals surface area contributed by atoms with E-state index >= 15 is 0 Å². The zero-order chi connectivity index (χ0) is 9.97. The van der Waals surface area contributed by atoms with Gasteiger partial charge in [0.2, 0.25) is 0 Å². The van der Waals surface area contributed by atoms with Gasteiger partial charge in [0.25, 0.3) is 0 Å². The molecule has 2 rings (SSSR count). The van der Waals surface area contributed by atoms with Crippen molar-refractivity contribution in [3.63, 3.8) is 0 Å². The van der Waals surface area contributed by atoms with Gasteiger partial charge in [0.1, 0.15) is 0 Å². The summed E-state index contributed by atoms with van der Waals surface area (Å²) in [6.45, 7) is 0. The van der Waals surface area contributed by atoms with Crippen molar-refractivity contribution < 1.29 is 9.53 Å². The highest BCUT2D eigenvalue weighted by Gasteiger charge is 2.05. The van der Waals surface area contributed by atoms with E-state index in [0.717, 1.165) is 15.8 Å². The molecule has 1 aromatic carbocycles. The summed E-state index contributed by atoms with van der Waals surface area (Å²) in [7, 11) is 1.35. The molecular formula is C10H9NO2S. The summed E-state index contributed by atoms with van der Waals surface area (Å²) in [5, 5.41) is 5.79. The monoisotopic (exact) mass is 207 g/mol. The molecule has 4 heteroatoms. The van der Waals surface area contributed by atoms with Gasteiger partial charge in [0, 0.05) is 0 Å². The van der Waals surface area contributed by atoms with E-state index < -0.39 is 6.09 Å². The van der Waals surface area contributed by atoms with Crippen LogP contribution in [0.4, 0.5) is 10.5 Å². The van der Waals surface area contributed by atoms with Crippen molar-refractivity contribution in [2.24, 2.45) is 0 Å². The van der Waals surface area contributed by atoms with E-state index in [4.69, 9.17) is 0 Å². The van der Waals surface area contributed by atoms with Gasteiger partial charge < -0.3 is 4.74 Å². The van der Waals surface area contributed by atoms with Gasteiger partial charge in [-0.1, -0.05) is 12.1 Å². The number of carbonyl (C=O) groups excluding carboxylic acids is 1. The molecule has 0 saturated heterocycles.